The molecule has 1 heterocycles. The second kappa shape index (κ2) is 13.0. The highest BCUT2D eigenvalue weighted by molar-refractivity contribution is 5.98. The number of hydrogen-bond acceptors (Lipinski definition) is 6. The van der Waals surface area contributed by atoms with E-state index in [0.717, 1.165) is 59.0 Å². The van der Waals surface area contributed by atoms with Crippen LogP contribution in [0.3, 0.4) is 0 Å². The Balaban J connectivity index is 1.61. The molecule has 0 spiro atoms. The zero-order valence-corrected chi connectivity index (χ0v) is 22.7. The largest absolute Gasteiger partial charge is 0.497 e. The van der Waals surface area contributed by atoms with Gasteiger partial charge in [-0.15, -0.1) is 0 Å². The summed E-state index contributed by atoms with van der Waals surface area (Å²) in [6, 6.07) is 21.0. The molecule has 0 unspecified atom stereocenters. The summed E-state index contributed by atoms with van der Waals surface area (Å²) in [6.45, 7) is 4.88. The number of fused-ring (bicyclic) bond motifs is 1. The fourth-order valence-corrected chi connectivity index (χ4v) is 4.29. The number of carbonyl (C=O) groups is 1. The second-order valence-electron chi connectivity index (χ2n) is 9.35. The molecule has 1 aromatic heterocycles. The van der Waals surface area contributed by atoms with E-state index in [2.05, 4.69) is 24.2 Å². The van der Waals surface area contributed by atoms with Gasteiger partial charge < -0.3 is 19.7 Å². The van der Waals surface area contributed by atoms with Crippen molar-refractivity contribution in [2.45, 2.75) is 26.2 Å². The fraction of sp³-hybridized carbons (Fsp3) is 0.323. The number of nitrogens with one attached hydrogen (secondary N) is 1. The molecular weight excluding hydrogens is 476 g/mol. The Labute approximate surface area is 224 Å². The summed E-state index contributed by atoms with van der Waals surface area (Å²) >= 11 is 0. The first-order chi connectivity index (χ1) is 18.5. The van der Waals surface area contributed by atoms with Gasteiger partial charge in [0.1, 0.15) is 11.5 Å². The predicted octanol–water partition coefficient (Wildman–Crippen LogP) is 5.83. The highest BCUT2D eigenvalue weighted by Crippen LogP contribution is 2.33. The molecule has 7 nitrogen and oxygen atoms in total. The minimum atomic E-state index is -0.102. The Morgan fingerprint density at radius 1 is 0.789 bits per heavy atom. The van der Waals surface area contributed by atoms with Gasteiger partial charge in [0, 0.05) is 23.2 Å². The van der Waals surface area contributed by atoms with Crippen molar-refractivity contribution in [3.8, 4) is 34.0 Å². The van der Waals surface area contributed by atoms with Crippen molar-refractivity contribution in [3.63, 3.8) is 0 Å². The Morgan fingerprint density at radius 2 is 1.34 bits per heavy atom. The van der Waals surface area contributed by atoms with Crippen molar-refractivity contribution in [2.24, 2.45) is 0 Å². The third-order valence-electron chi connectivity index (χ3n) is 6.55. The number of carbonyl (C=O) groups excluding carboxylic acids is 1. The van der Waals surface area contributed by atoms with Crippen molar-refractivity contribution in [1.29, 1.82) is 0 Å². The average molecular weight is 513 g/mol. The van der Waals surface area contributed by atoms with E-state index in [9.17, 15) is 4.79 Å². The number of hydrogen-bond donors (Lipinski definition) is 1. The molecule has 38 heavy (non-hydrogen) atoms. The number of ether oxygens (including phenoxy) is 2. The predicted molar refractivity (Wildman–Crippen MR) is 153 cm³/mol. The summed E-state index contributed by atoms with van der Waals surface area (Å²) in [5.41, 5.74) is 5.30. The number of aromatic nitrogens is 2. The normalized spacial score (nSPS) is 11.1. The van der Waals surface area contributed by atoms with Crippen LogP contribution in [0.15, 0.2) is 66.7 Å². The molecule has 4 aromatic rings. The van der Waals surface area contributed by atoms with Crippen LogP contribution in [0.1, 0.15) is 36.5 Å². The molecule has 0 fully saturated rings. The van der Waals surface area contributed by atoms with Gasteiger partial charge in [0.25, 0.3) is 5.91 Å². The average Bonchev–Trinajstić information content (AvgIpc) is 2.97. The number of benzene rings is 3. The SMILES string of the molecule is CCCCN(C)CCCNC(=O)c1ccc2nc(-c3ccc(OC)cc3)c(-c3ccc(OC)cc3)nc2c1. The Bertz CT molecular complexity index is 1350. The van der Waals surface area contributed by atoms with Gasteiger partial charge in [0.05, 0.1) is 36.6 Å². The van der Waals surface area contributed by atoms with E-state index in [1.165, 1.54) is 12.8 Å². The molecule has 1 N–H and O–H groups in total. The van der Waals surface area contributed by atoms with Crippen LogP contribution < -0.4 is 14.8 Å². The molecule has 198 valence electrons. The molecule has 7 heteroatoms. The molecule has 3 aromatic carbocycles. The number of methoxy groups -OCH3 is 2. The van der Waals surface area contributed by atoms with E-state index in [1.54, 1.807) is 14.2 Å². The Kier molecular flexibility index (Phi) is 9.27. The van der Waals surface area contributed by atoms with E-state index in [1.807, 2.05) is 66.7 Å². The van der Waals surface area contributed by atoms with Crippen LogP contribution in [0.2, 0.25) is 0 Å². The van der Waals surface area contributed by atoms with Gasteiger partial charge in [-0.25, -0.2) is 9.97 Å². The first-order valence-electron chi connectivity index (χ1n) is 13.1. The van der Waals surface area contributed by atoms with Crippen molar-refractivity contribution >= 4 is 16.9 Å². The molecule has 0 saturated carbocycles. The summed E-state index contributed by atoms with van der Waals surface area (Å²) in [7, 11) is 5.42. The van der Waals surface area contributed by atoms with E-state index in [4.69, 9.17) is 19.4 Å². The van der Waals surface area contributed by atoms with Gasteiger partial charge in [-0.05, 0) is 99.7 Å². The standard InChI is InChI=1S/C31H36N4O3/c1-5-6-19-35(2)20-7-18-32-31(36)24-12-17-27-28(21-24)34-30(23-10-15-26(38-4)16-11-23)29(33-27)22-8-13-25(37-3)14-9-22/h8-17,21H,5-7,18-20H2,1-4H3,(H,32,36). The first-order valence-corrected chi connectivity index (χ1v) is 13.1. The minimum absolute atomic E-state index is 0.102. The maximum Gasteiger partial charge on any atom is 0.251 e. The van der Waals surface area contributed by atoms with E-state index >= 15 is 0 Å². The highest BCUT2D eigenvalue weighted by atomic mass is 16.5. The molecule has 0 radical (unpaired) electrons. The lowest BCUT2D eigenvalue weighted by Crippen LogP contribution is -2.28. The second-order valence-corrected chi connectivity index (χ2v) is 9.35. The van der Waals surface area contributed by atoms with Gasteiger partial charge in [-0.2, -0.15) is 0 Å². The monoisotopic (exact) mass is 512 g/mol. The Hall–Kier alpha value is -3.97. The van der Waals surface area contributed by atoms with E-state index in [0.29, 0.717) is 17.6 Å². The third-order valence-corrected chi connectivity index (χ3v) is 6.55. The van der Waals surface area contributed by atoms with E-state index in [-0.39, 0.29) is 5.91 Å². The quantitative estimate of drug-likeness (QED) is 0.241. The number of unbranched alkanes of at least 4 members (excludes halogenated alkanes) is 1. The molecule has 0 saturated heterocycles. The molecular formula is C31H36N4O3. The van der Waals surface area contributed by atoms with E-state index < -0.39 is 0 Å². The maximum atomic E-state index is 12.9. The van der Waals surface area contributed by atoms with Crippen LogP contribution in [-0.2, 0) is 0 Å². The van der Waals surface area contributed by atoms with Gasteiger partial charge >= 0.3 is 0 Å². The smallest absolute Gasteiger partial charge is 0.251 e. The number of amides is 1. The fourth-order valence-electron chi connectivity index (χ4n) is 4.29. The lowest BCUT2D eigenvalue weighted by molar-refractivity contribution is 0.0952. The third kappa shape index (κ3) is 6.66. The minimum Gasteiger partial charge on any atom is -0.497 e. The molecule has 0 bridgehead atoms. The first kappa shape index (κ1) is 27.1. The van der Waals surface area contributed by atoms with Crippen LogP contribution in [0.5, 0.6) is 11.5 Å². The summed E-state index contributed by atoms with van der Waals surface area (Å²) in [5, 5.41) is 3.04. The topological polar surface area (TPSA) is 76.6 Å². The Morgan fingerprint density at radius 3 is 1.89 bits per heavy atom. The number of rotatable bonds is 12. The molecule has 4 rings (SSSR count). The molecule has 0 aliphatic carbocycles. The van der Waals surface area contributed by atoms with Gasteiger partial charge in [-0.3, -0.25) is 4.79 Å². The zero-order valence-electron chi connectivity index (χ0n) is 22.7. The number of nitrogens with zero attached hydrogens (tertiary/aromatic N) is 3. The maximum absolute atomic E-state index is 12.9. The van der Waals surface area contributed by atoms with Crippen LogP contribution >= 0.6 is 0 Å². The summed E-state index contributed by atoms with van der Waals surface area (Å²) in [4.78, 5) is 25.1. The van der Waals surface area contributed by atoms with Crippen molar-refractivity contribution < 1.29 is 14.3 Å². The van der Waals surface area contributed by atoms with Gasteiger partial charge in [0.15, 0.2) is 0 Å². The van der Waals surface area contributed by atoms with Gasteiger partial charge in [-0.1, -0.05) is 13.3 Å². The zero-order chi connectivity index (χ0) is 26.9. The molecule has 1 amide bonds. The van der Waals surface area contributed by atoms with Crippen LogP contribution in [0.4, 0.5) is 0 Å². The summed E-state index contributed by atoms with van der Waals surface area (Å²) in [5.74, 6) is 1.44. The van der Waals surface area contributed by atoms with Crippen LogP contribution in [0.25, 0.3) is 33.5 Å². The van der Waals surface area contributed by atoms with Gasteiger partial charge in [0.2, 0.25) is 0 Å². The van der Waals surface area contributed by atoms with Crippen LogP contribution in [0, 0.1) is 0 Å². The summed E-state index contributed by atoms with van der Waals surface area (Å²) in [6.07, 6.45) is 3.29. The molecule has 0 atom stereocenters. The lowest BCUT2D eigenvalue weighted by Gasteiger charge is -2.16. The van der Waals surface area contributed by atoms with Crippen molar-refractivity contribution in [3.05, 3.63) is 72.3 Å². The van der Waals surface area contributed by atoms with Crippen LogP contribution in [-0.4, -0.2) is 61.7 Å². The molecule has 0 aliphatic rings. The molecule has 0 aliphatic heterocycles. The van der Waals surface area contributed by atoms with Crippen molar-refractivity contribution in [1.82, 2.24) is 20.2 Å². The van der Waals surface area contributed by atoms with Crippen molar-refractivity contribution in [2.75, 3.05) is 40.9 Å². The lowest BCUT2D eigenvalue weighted by atomic mass is 10.0. The summed E-state index contributed by atoms with van der Waals surface area (Å²) < 4.78 is 10.7. The highest BCUT2D eigenvalue weighted by Gasteiger charge is 2.15.